The summed E-state index contributed by atoms with van der Waals surface area (Å²) in [6.07, 6.45) is 7.98. The van der Waals surface area contributed by atoms with Crippen LogP contribution in [0.3, 0.4) is 0 Å². The van der Waals surface area contributed by atoms with Gasteiger partial charge in [-0.15, -0.1) is 12.3 Å². The number of aliphatic hydroxyl groups excluding tert-OH is 1. The number of amides is 1. The highest BCUT2D eigenvalue weighted by molar-refractivity contribution is 5.76. The van der Waals surface area contributed by atoms with E-state index in [2.05, 4.69) is 38.5 Å². The van der Waals surface area contributed by atoms with E-state index in [0.717, 1.165) is 13.0 Å². The second-order valence-electron chi connectivity index (χ2n) is 7.15. The Morgan fingerprint density at radius 1 is 1.35 bits per heavy atom. The van der Waals surface area contributed by atoms with Crippen LogP contribution in [-0.2, 0) is 11.3 Å². The molecule has 0 spiro atoms. The van der Waals surface area contributed by atoms with E-state index in [9.17, 15) is 9.90 Å². The average Bonchev–Trinajstić information content (AvgIpc) is 3.34. The van der Waals surface area contributed by atoms with Gasteiger partial charge in [-0.05, 0) is 12.0 Å². The summed E-state index contributed by atoms with van der Waals surface area (Å²) in [5.41, 5.74) is 0.803. The molecule has 0 bridgehead atoms. The molecule has 6 nitrogen and oxygen atoms in total. The molecule has 3 rings (SSSR count). The van der Waals surface area contributed by atoms with E-state index >= 15 is 0 Å². The van der Waals surface area contributed by atoms with Gasteiger partial charge in [0.15, 0.2) is 5.66 Å². The third kappa shape index (κ3) is 5.13. The fourth-order valence-electron chi connectivity index (χ4n) is 3.48. The quantitative estimate of drug-likeness (QED) is 0.667. The van der Waals surface area contributed by atoms with E-state index in [1.54, 1.807) is 0 Å². The van der Waals surface area contributed by atoms with Crippen molar-refractivity contribution in [2.75, 3.05) is 13.1 Å². The lowest BCUT2D eigenvalue weighted by molar-refractivity contribution is -0.121. The van der Waals surface area contributed by atoms with Crippen LogP contribution in [0.1, 0.15) is 37.7 Å². The van der Waals surface area contributed by atoms with Gasteiger partial charge in [-0.1, -0.05) is 30.3 Å². The molecule has 2 heterocycles. The fourth-order valence-corrected chi connectivity index (χ4v) is 3.48. The fraction of sp³-hybridized carbons (Fsp3) is 0.550. The summed E-state index contributed by atoms with van der Waals surface area (Å²) in [7, 11) is 0. The summed E-state index contributed by atoms with van der Waals surface area (Å²) in [6.45, 7) is 1.97. The molecule has 0 aliphatic carbocycles. The summed E-state index contributed by atoms with van der Waals surface area (Å²) < 4.78 is 0. The van der Waals surface area contributed by atoms with Crippen molar-refractivity contribution in [1.29, 1.82) is 0 Å². The number of carbonyl (C=O) groups excluding carboxylic acids is 1. The maximum Gasteiger partial charge on any atom is 0.220 e. The molecule has 0 aromatic heterocycles. The van der Waals surface area contributed by atoms with Gasteiger partial charge in [0.1, 0.15) is 0 Å². The number of rotatable bonds is 9. The number of β-amino-alcohol motifs (C(OH)–C–C–N with tert-alkyl or cyclic N) is 1. The number of hydrogen-bond donors (Lipinski definition) is 2. The monoisotopic (exact) mass is 354 g/mol. The van der Waals surface area contributed by atoms with Gasteiger partial charge in [-0.3, -0.25) is 9.69 Å². The standard InChI is InChI=1S/C20H26N4O2/c1-2-3-10-20(22-23-20)11-9-19(26)21-13-17-12-18(25)15-24(17)14-16-7-5-4-6-8-16/h1,4-8,17-18,25H,3,9-15H2,(H,21,26)/t17-,18-/m1/s1. The Bertz CT molecular complexity index is 677. The van der Waals surface area contributed by atoms with Gasteiger partial charge < -0.3 is 10.4 Å². The van der Waals surface area contributed by atoms with Gasteiger partial charge in [-0.2, -0.15) is 10.2 Å². The third-order valence-corrected chi connectivity index (χ3v) is 5.07. The number of nitrogens with zero attached hydrogens (tertiary/aromatic N) is 3. The lowest BCUT2D eigenvalue weighted by Gasteiger charge is -2.24. The Morgan fingerprint density at radius 3 is 2.81 bits per heavy atom. The second kappa shape index (κ2) is 8.43. The molecule has 0 saturated carbocycles. The molecule has 2 N–H and O–H groups in total. The molecule has 6 heteroatoms. The third-order valence-electron chi connectivity index (χ3n) is 5.07. The zero-order valence-corrected chi connectivity index (χ0v) is 15.0. The van der Waals surface area contributed by atoms with Gasteiger partial charge in [0.25, 0.3) is 0 Å². The topological polar surface area (TPSA) is 77.3 Å². The number of hydrogen-bond acceptors (Lipinski definition) is 5. The molecule has 1 amide bonds. The van der Waals surface area contributed by atoms with E-state index in [1.165, 1.54) is 5.56 Å². The SMILES string of the molecule is C#CCCC1(CCC(=O)NC[C@H]2C[C@@H](O)CN2Cc2ccccc2)N=N1. The molecule has 2 aliphatic rings. The van der Waals surface area contributed by atoms with Gasteiger partial charge in [0.05, 0.1) is 6.10 Å². The number of benzene rings is 1. The molecule has 0 unspecified atom stereocenters. The van der Waals surface area contributed by atoms with Crippen molar-refractivity contribution in [1.82, 2.24) is 10.2 Å². The van der Waals surface area contributed by atoms with Gasteiger partial charge >= 0.3 is 0 Å². The number of nitrogens with one attached hydrogen (secondary N) is 1. The van der Waals surface area contributed by atoms with Crippen molar-refractivity contribution >= 4 is 5.91 Å². The van der Waals surface area contributed by atoms with E-state index in [0.29, 0.717) is 38.8 Å². The van der Waals surface area contributed by atoms with Gasteiger partial charge in [-0.25, -0.2) is 0 Å². The second-order valence-corrected chi connectivity index (χ2v) is 7.15. The average molecular weight is 354 g/mol. The molecular weight excluding hydrogens is 328 g/mol. The molecular formula is C20H26N4O2. The molecule has 26 heavy (non-hydrogen) atoms. The maximum absolute atomic E-state index is 12.2. The van der Waals surface area contributed by atoms with Crippen molar-refractivity contribution in [3.8, 4) is 12.3 Å². The van der Waals surface area contributed by atoms with Crippen LogP contribution in [0, 0.1) is 12.3 Å². The Hall–Kier alpha value is -2.23. The molecule has 1 saturated heterocycles. The molecule has 1 fully saturated rings. The van der Waals surface area contributed by atoms with Crippen LogP contribution in [-0.4, -0.2) is 46.8 Å². The first kappa shape index (κ1) is 18.6. The highest BCUT2D eigenvalue weighted by Gasteiger charge is 2.39. The largest absolute Gasteiger partial charge is 0.392 e. The Morgan fingerprint density at radius 2 is 2.12 bits per heavy atom. The van der Waals surface area contributed by atoms with Crippen molar-refractivity contribution in [2.24, 2.45) is 10.2 Å². The lowest BCUT2D eigenvalue weighted by atomic mass is 10.0. The van der Waals surface area contributed by atoms with Crippen LogP contribution in [0.5, 0.6) is 0 Å². The molecule has 0 radical (unpaired) electrons. The van der Waals surface area contributed by atoms with E-state index in [1.807, 2.05) is 18.2 Å². The number of aliphatic hydroxyl groups is 1. The molecule has 1 aromatic carbocycles. The van der Waals surface area contributed by atoms with Crippen LogP contribution in [0.15, 0.2) is 40.6 Å². The summed E-state index contributed by atoms with van der Waals surface area (Å²) in [5.74, 6) is 2.60. The number of likely N-dealkylation sites (tertiary alicyclic amines) is 1. The van der Waals surface area contributed by atoms with Gasteiger partial charge in [0, 0.05) is 51.4 Å². The zero-order valence-electron chi connectivity index (χ0n) is 15.0. The van der Waals surface area contributed by atoms with E-state index in [4.69, 9.17) is 6.42 Å². The Labute approximate surface area is 154 Å². The van der Waals surface area contributed by atoms with E-state index < -0.39 is 5.66 Å². The minimum Gasteiger partial charge on any atom is -0.392 e. The summed E-state index contributed by atoms with van der Waals surface area (Å²) in [4.78, 5) is 14.4. The summed E-state index contributed by atoms with van der Waals surface area (Å²) >= 11 is 0. The van der Waals surface area contributed by atoms with Crippen molar-refractivity contribution in [3.05, 3.63) is 35.9 Å². The van der Waals surface area contributed by atoms with Crippen LogP contribution in [0.2, 0.25) is 0 Å². The molecule has 2 aliphatic heterocycles. The smallest absolute Gasteiger partial charge is 0.220 e. The number of carbonyl (C=O) groups is 1. The van der Waals surface area contributed by atoms with E-state index in [-0.39, 0.29) is 18.1 Å². The predicted molar refractivity (Wildman–Crippen MR) is 99.2 cm³/mol. The first-order valence-corrected chi connectivity index (χ1v) is 9.20. The minimum atomic E-state index is -0.410. The first-order chi connectivity index (χ1) is 12.6. The summed E-state index contributed by atoms with van der Waals surface area (Å²) in [6, 6.07) is 10.3. The zero-order chi connectivity index (χ0) is 18.4. The lowest BCUT2D eigenvalue weighted by Crippen LogP contribution is -2.40. The molecule has 2 atom stereocenters. The number of terminal acetylenes is 1. The van der Waals surface area contributed by atoms with Gasteiger partial charge in [0.2, 0.25) is 5.91 Å². The highest BCUT2D eigenvalue weighted by atomic mass is 16.3. The van der Waals surface area contributed by atoms with Crippen LogP contribution in [0.25, 0.3) is 0 Å². The van der Waals surface area contributed by atoms with Crippen LogP contribution >= 0.6 is 0 Å². The molecule has 1 aromatic rings. The normalized spacial score (nSPS) is 23.5. The minimum absolute atomic E-state index is 0.00318. The highest BCUT2D eigenvalue weighted by Crippen LogP contribution is 2.37. The predicted octanol–water partition coefficient (Wildman–Crippen LogP) is 2.09. The van der Waals surface area contributed by atoms with Crippen molar-refractivity contribution in [3.63, 3.8) is 0 Å². The maximum atomic E-state index is 12.2. The van der Waals surface area contributed by atoms with Crippen LogP contribution in [0.4, 0.5) is 0 Å². The Balaban J connectivity index is 1.42. The van der Waals surface area contributed by atoms with Crippen molar-refractivity contribution < 1.29 is 9.90 Å². The Kier molecular flexibility index (Phi) is 6.02. The van der Waals surface area contributed by atoms with Crippen molar-refractivity contribution in [2.45, 2.75) is 56.5 Å². The summed E-state index contributed by atoms with van der Waals surface area (Å²) in [5, 5.41) is 21.1. The van der Waals surface area contributed by atoms with Crippen LogP contribution < -0.4 is 5.32 Å². The first-order valence-electron chi connectivity index (χ1n) is 9.20. The molecule has 138 valence electrons.